The molecule has 1 heterocycles. The van der Waals surface area contributed by atoms with Crippen LogP contribution in [0.5, 0.6) is 0 Å². The SMILES string of the molecule is CCC(C)C(=O)Cn1ncn(C)c1=O. The molecule has 0 aromatic carbocycles. The minimum atomic E-state index is -0.248. The van der Waals surface area contributed by atoms with Crippen molar-refractivity contribution in [1.29, 1.82) is 0 Å². The summed E-state index contributed by atoms with van der Waals surface area (Å²) in [6.45, 7) is 3.88. The molecule has 1 atom stereocenters. The summed E-state index contributed by atoms with van der Waals surface area (Å²) in [6.07, 6.45) is 2.20. The molecule has 0 aliphatic heterocycles. The van der Waals surface area contributed by atoms with Gasteiger partial charge in [0, 0.05) is 13.0 Å². The van der Waals surface area contributed by atoms with Gasteiger partial charge in [-0.15, -0.1) is 0 Å². The number of Topliss-reactive ketones (excluding diaryl/α,β-unsaturated/α-hetero) is 1. The molecule has 0 saturated carbocycles. The number of nitrogens with zero attached hydrogens (tertiary/aromatic N) is 3. The Labute approximate surface area is 82.3 Å². The van der Waals surface area contributed by atoms with E-state index in [2.05, 4.69) is 5.10 Å². The highest BCUT2D eigenvalue weighted by molar-refractivity contribution is 5.80. The second-order valence-corrected chi connectivity index (χ2v) is 3.46. The maximum Gasteiger partial charge on any atom is 0.345 e. The van der Waals surface area contributed by atoms with Crippen LogP contribution in [-0.2, 0) is 18.4 Å². The fourth-order valence-electron chi connectivity index (χ4n) is 1.06. The van der Waals surface area contributed by atoms with Gasteiger partial charge in [0.15, 0.2) is 5.78 Å². The van der Waals surface area contributed by atoms with Gasteiger partial charge >= 0.3 is 5.69 Å². The van der Waals surface area contributed by atoms with E-state index < -0.39 is 0 Å². The third-order valence-electron chi connectivity index (χ3n) is 2.35. The zero-order valence-corrected chi connectivity index (χ0v) is 8.73. The minimum absolute atomic E-state index is 0.0103. The van der Waals surface area contributed by atoms with Gasteiger partial charge in [-0.2, -0.15) is 5.10 Å². The van der Waals surface area contributed by atoms with Gasteiger partial charge in [0.25, 0.3) is 0 Å². The summed E-state index contributed by atoms with van der Waals surface area (Å²) in [5, 5.41) is 3.82. The van der Waals surface area contributed by atoms with Crippen molar-refractivity contribution >= 4 is 5.78 Å². The average Bonchev–Trinajstić information content (AvgIpc) is 2.48. The van der Waals surface area contributed by atoms with Gasteiger partial charge in [0.1, 0.15) is 12.9 Å². The Bertz CT molecular complexity index is 378. The van der Waals surface area contributed by atoms with Gasteiger partial charge in [-0.25, -0.2) is 9.48 Å². The van der Waals surface area contributed by atoms with E-state index in [0.29, 0.717) is 0 Å². The summed E-state index contributed by atoms with van der Waals surface area (Å²) >= 11 is 0. The van der Waals surface area contributed by atoms with E-state index >= 15 is 0 Å². The van der Waals surface area contributed by atoms with Crippen LogP contribution >= 0.6 is 0 Å². The molecule has 0 amide bonds. The van der Waals surface area contributed by atoms with Crippen LogP contribution in [0.15, 0.2) is 11.1 Å². The normalized spacial score (nSPS) is 12.8. The number of aryl methyl sites for hydroxylation is 1. The predicted molar refractivity (Wildman–Crippen MR) is 51.9 cm³/mol. The van der Waals surface area contributed by atoms with Gasteiger partial charge in [-0.05, 0) is 6.42 Å². The highest BCUT2D eigenvalue weighted by Gasteiger charge is 2.13. The number of ketones is 1. The Morgan fingerprint density at radius 1 is 1.64 bits per heavy atom. The zero-order valence-electron chi connectivity index (χ0n) is 8.73. The molecule has 1 unspecified atom stereocenters. The van der Waals surface area contributed by atoms with E-state index in [1.165, 1.54) is 15.6 Å². The van der Waals surface area contributed by atoms with E-state index in [4.69, 9.17) is 0 Å². The maximum absolute atomic E-state index is 11.5. The van der Waals surface area contributed by atoms with Gasteiger partial charge in [-0.3, -0.25) is 9.36 Å². The third-order valence-corrected chi connectivity index (χ3v) is 2.35. The van der Waals surface area contributed by atoms with E-state index in [-0.39, 0.29) is 23.9 Å². The molecule has 0 radical (unpaired) electrons. The minimum Gasteiger partial charge on any atom is -0.297 e. The number of hydrogen-bond donors (Lipinski definition) is 0. The van der Waals surface area contributed by atoms with E-state index in [0.717, 1.165) is 6.42 Å². The Morgan fingerprint density at radius 3 is 2.71 bits per heavy atom. The van der Waals surface area contributed by atoms with Gasteiger partial charge < -0.3 is 0 Å². The summed E-state index contributed by atoms with van der Waals surface area (Å²) in [5.74, 6) is 0.0391. The summed E-state index contributed by atoms with van der Waals surface area (Å²) in [6, 6.07) is 0. The van der Waals surface area contributed by atoms with E-state index in [9.17, 15) is 9.59 Å². The largest absolute Gasteiger partial charge is 0.345 e. The molecule has 0 N–H and O–H groups in total. The van der Waals surface area contributed by atoms with Crippen LogP contribution < -0.4 is 5.69 Å². The van der Waals surface area contributed by atoms with Crippen LogP contribution in [0.3, 0.4) is 0 Å². The quantitative estimate of drug-likeness (QED) is 0.692. The molecule has 0 fully saturated rings. The lowest BCUT2D eigenvalue weighted by Gasteiger charge is -2.05. The van der Waals surface area contributed by atoms with Crippen LogP contribution in [-0.4, -0.2) is 20.1 Å². The van der Waals surface area contributed by atoms with E-state index in [1.54, 1.807) is 7.05 Å². The van der Waals surface area contributed by atoms with Crippen molar-refractivity contribution in [3.8, 4) is 0 Å². The highest BCUT2D eigenvalue weighted by atomic mass is 16.2. The van der Waals surface area contributed by atoms with Crippen molar-refractivity contribution in [3.05, 3.63) is 16.8 Å². The predicted octanol–water partition coefficient (Wildman–Crippen LogP) is 0.197. The Hall–Kier alpha value is -1.39. The first-order chi connectivity index (χ1) is 6.56. The second-order valence-electron chi connectivity index (χ2n) is 3.46. The first-order valence-corrected chi connectivity index (χ1v) is 4.67. The molecule has 5 nitrogen and oxygen atoms in total. The fourth-order valence-corrected chi connectivity index (χ4v) is 1.06. The lowest BCUT2D eigenvalue weighted by molar-refractivity contribution is -0.123. The van der Waals surface area contributed by atoms with Crippen molar-refractivity contribution in [2.75, 3.05) is 0 Å². The summed E-state index contributed by atoms with van der Waals surface area (Å²) in [7, 11) is 1.61. The summed E-state index contributed by atoms with van der Waals surface area (Å²) < 4.78 is 2.54. The molecule has 0 spiro atoms. The Balaban J connectivity index is 2.75. The molecule has 0 aliphatic carbocycles. The second kappa shape index (κ2) is 4.21. The number of aromatic nitrogens is 3. The monoisotopic (exact) mass is 197 g/mol. The van der Waals surface area contributed by atoms with Crippen molar-refractivity contribution in [2.24, 2.45) is 13.0 Å². The Kier molecular flexibility index (Phi) is 3.22. The summed E-state index contributed by atoms with van der Waals surface area (Å²) in [4.78, 5) is 22.8. The fraction of sp³-hybridized carbons (Fsp3) is 0.667. The molecule has 1 aromatic heterocycles. The summed E-state index contributed by atoms with van der Waals surface area (Å²) in [5.41, 5.74) is -0.248. The number of carbonyl (C=O) groups is 1. The maximum atomic E-state index is 11.5. The smallest absolute Gasteiger partial charge is 0.297 e. The topological polar surface area (TPSA) is 56.9 Å². The van der Waals surface area contributed by atoms with Crippen LogP contribution in [0.4, 0.5) is 0 Å². The average molecular weight is 197 g/mol. The van der Waals surface area contributed by atoms with Gasteiger partial charge in [0.05, 0.1) is 0 Å². The zero-order chi connectivity index (χ0) is 10.7. The van der Waals surface area contributed by atoms with Crippen LogP contribution in [0.25, 0.3) is 0 Å². The molecule has 0 aliphatic rings. The lowest BCUT2D eigenvalue weighted by atomic mass is 10.0. The van der Waals surface area contributed by atoms with Crippen LogP contribution in [0.1, 0.15) is 20.3 Å². The molecule has 1 rings (SSSR count). The number of hydrogen-bond acceptors (Lipinski definition) is 3. The molecule has 0 saturated heterocycles. The standard InChI is InChI=1S/C9H15N3O2/c1-4-7(2)8(13)5-12-9(14)11(3)6-10-12/h6-7H,4-5H2,1-3H3. The van der Waals surface area contributed by atoms with Crippen LogP contribution in [0.2, 0.25) is 0 Å². The molecule has 1 aromatic rings. The van der Waals surface area contributed by atoms with Crippen LogP contribution in [0, 0.1) is 5.92 Å². The number of carbonyl (C=O) groups excluding carboxylic acids is 1. The van der Waals surface area contributed by atoms with Crippen molar-refractivity contribution in [2.45, 2.75) is 26.8 Å². The first-order valence-electron chi connectivity index (χ1n) is 4.67. The molecule has 14 heavy (non-hydrogen) atoms. The first kappa shape index (κ1) is 10.7. The van der Waals surface area contributed by atoms with Crippen molar-refractivity contribution in [3.63, 3.8) is 0 Å². The third kappa shape index (κ3) is 2.10. The van der Waals surface area contributed by atoms with Crippen molar-refractivity contribution < 1.29 is 4.79 Å². The van der Waals surface area contributed by atoms with E-state index in [1.807, 2.05) is 13.8 Å². The molecule has 0 bridgehead atoms. The molecular formula is C9H15N3O2. The Morgan fingerprint density at radius 2 is 2.29 bits per heavy atom. The number of rotatable bonds is 4. The highest BCUT2D eigenvalue weighted by Crippen LogP contribution is 2.02. The molecule has 5 heteroatoms. The lowest BCUT2D eigenvalue weighted by Crippen LogP contribution is -2.28. The van der Waals surface area contributed by atoms with Gasteiger partial charge in [-0.1, -0.05) is 13.8 Å². The molecule has 78 valence electrons. The van der Waals surface area contributed by atoms with Gasteiger partial charge in [0.2, 0.25) is 0 Å². The molecular weight excluding hydrogens is 182 g/mol. The van der Waals surface area contributed by atoms with Crippen molar-refractivity contribution in [1.82, 2.24) is 14.3 Å².